The van der Waals surface area contributed by atoms with Gasteiger partial charge in [0.1, 0.15) is 23.9 Å². The zero-order chi connectivity index (χ0) is 22.5. The highest BCUT2D eigenvalue weighted by atomic mass is 19.4. The van der Waals surface area contributed by atoms with Crippen molar-refractivity contribution in [2.45, 2.75) is 50.4 Å². The summed E-state index contributed by atoms with van der Waals surface area (Å²) in [6.45, 7) is 0.526. The lowest BCUT2D eigenvalue weighted by molar-refractivity contribution is -0.137. The minimum absolute atomic E-state index is 0.0830. The summed E-state index contributed by atoms with van der Waals surface area (Å²) in [4.78, 5) is 8.26. The standard InChI is InChI=1S/C23H22F4N4O/c24-22-7-16(8-22)19(9-22)31-11-18(15-6-17(23(25,26)27)21(28)29-10-15)30-20(31)13-32-12-14-4-2-1-3-5-14/h1-6,10-11,16,19H,7-9,12-13H2,(H2,28,29)/t16?,19-,22?/m1/s1. The summed E-state index contributed by atoms with van der Waals surface area (Å²) < 4.78 is 62.2. The minimum atomic E-state index is -4.62. The highest BCUT2D eigenvalue weighted by Gasteiger charge is 2.57. The third-order valence-corrected chi connectivity index (χ3v) is 6.40. The molecule has 2 aromatic heterocycles. The first-order valence-electron chi connectivity index (χ1n) is 10.4. The molecule has 3 saturated carbocycles. The van der Waals surface area contributed by atoms with E-state index in [0.29, 0.717) is 37.4 Å². The number of alkyl halides is 4. The van der Waals surface area contributed by atoms with Crippen LogP contribution in [0.1, 0.15) is 42.3 Å². The predicted octanol–water partition coefficient (Wildman–Crippen LogP) is 5.33. The van der Waals surface area contributed by atoms with Gasteiger partial charge in [0.2, 0.25) is 0 Å². The summed E-state index contributed by atoms with van der Waals surface area (Å²) in [6, 6.07) is 10.5. The normalized spacial score (nSPS) is 24.5. The van der Waals surface area contributed by atoms with E-state index in [-0.39, 0.29) is 24.1 Å². The number of rotatable bonds is 6. The van der Waals surface area contributed by atoms with Gasteiger partial charge in [0, 0.05) is 30.4 Å². The Morgan fingerprint density at radius 2 is 1.88 bits per heavy atom. The van der Waals surface area contributed by atoms with Gasteiger partial charge >= 0.3 is 6.18 Å². The second-order valence-electron chi connectivity index (χ2n) is 8.67. The fraction of sp³-hybridized carbons (Fsp3) is 0.391. The minimum Gasteiger partial charge on any atom is -0.383 e. The number of ether oxygens (including phenoxy) is 1. The van der Waals surface area contributed by atoms with Gasteiger partial charge in [0.25, 0.3) is 0 Å². The zero-order valence-corrected chi connectivity index (χ0v) is 17.1. The van der Waals surface area contributed by atoms with Crippen LogP contribution < -0.4 is 5.73 Å². The first-order valence-corrected chi connectivity index (χ1v) is 10.4. The molecule has 9 heteroatoms. The van der Waals surface area contributed by atoms with E-state index < -0.39 is 23.2 Å². The topological polar surface area (TPSA) is 66.0 Å². The van der Waals surface area contributed by atoms with Crippen molar-refractivity contribution in [2.75, 3.05) is 5.73 Å². The molecule has 3 aliphatic rings. The van der Waals surface area contributed by atoms with Gasteiger partial charge in [-0.2, -0.15) is 13.2 Å². The van der Waals surface area contributed by atoms with Crippen molar-refractivity contribution < 1.29 is 22.3 Å². The average Bonchev–Trinajstić information content (AvgIpc) is 3.38. The molecule has 3 aromatic rings. The van der Waals surface area contributed by atoms with E-state index in [2.05, 4.69) is 9.97 Å². The molecule has 2 heterocycles. The van der Waals surface area contributed by atoms with Crippen LogP contribution in [0.4, 0.5) is 23.4 Å². The summed E-state index contributed by atoms with van der Waals surface area (Å²) >= 11 is 0. The smallest absolute Gasteiger partial charge is 0.383 e. The van der Waals surface area contributed by atoms with Crippen LogP contribution in [0.5, 0.6) is 0 Å². The van der Waals surface area contributed by atoms with Crippen LogP contribution in [0.2, 0.25) is 0 Å². The van der Waals surface area contributed by atoms with Crippen LogP contribution in [0.3, 0.4) is 0 Å². The number of halogens is 4. The average molecular weight is 446 g/mol. The number of benzene rings is 1. The molecule has 1 atom stereocenters. The monoisotopic (exact) mass is 446 g/mol. The van der Waals surface area contributed by atoms with Crippen LogP contribution >= 0.6 is 0 Å². The molecule has 0 saturated heterocycles. The van der Waals surface area contributed by atoms with Gasteiger partial charge < -0.3 is 15.0 Å². The van der Waals surface area contributed by atoms with Gasteiger partial charge in [-0.1, -0.05) is 30.3 Å². The Balaban J connectivity index is 1.45. The molecule has 3 aliphatic carbocycles. The molecule has 0 amide bonds. The fourth-order valence-corrected chi connectivity index (χ4v) is 4.83. The quantitative estimate of drug-likeness (QED) is 0.520. The number of hydrogen-bond acceptors (Lipinski definition) is 4. The molecular formula is C23H22F4N4O. The lowest BCUT2D eigenvalue weighted by atomic mass is 9.81. The molecular weight excluding hydrogens is 424 g/mol. The highest BCUT2D eigenvalue weighted by molar-refractivity contribution is 5.62. The predicted molar refractivity (Wildman–Crippen MR) is 110 cm³/mol. The van der Waals surface area contributed by atoms with E-state index >= 15 is 0 Å². The SMILES string of the molecule is Nc1ncc(-c2cn([C@@H]3CC4(F)CC3C4)c(COCc3ccccc3)n2)cc1C(F)(F)F. The van der Waals surface area contributed by atoms with Crippen molar-refractivity contribution in [1.82, 2.24) is 14.5 Å². The van der Waals surface area contributed by atoms with Crippen molar-refractivity contribution in [2.24, 2.45) is 5.92 Å². The van der Waals surface area contributed by atoms with Crippen molar-refractivity contribution in [3.63, 3.8) is 0 Å². The summed E-state index contributed by atoms with van der Waals surface area (Å²) in [5.74, 6) is 0.177. The van der Waals surface area contributed by atoms with Gasteiger partial charge in [0.05, 0.1) is 17.9 Å². The number of nitrogen functional groups attached to an aromatic ring is 1. The summed E-state index contributed by atoms with van der Waals surface area (Å²) in [5.41, 5.74) is 4.81. The maximum absolute atomic E-state index is 14.6. The number of nitrogens with zero attached hydrogens (tertiary/aromatic N) is 3. The van der Waals surface area contributed by atoms with Gasteiger partial charge in [-0.05, 0) is 30.4 Å². The Morgan fingerprint density at radius 1 is 1.12 bits per heavy atom. The second kappa shape index (κ2) is 7.58. The molecule has 2 bridgehead atoms. The Hall–Kier alpha value is -2.94. The molecule has 0 radical (unpaired) electrons. The Labute approximate surface area is 182 Å². The Bertz CT molecular complexity index is 1120. The first-order chi connectivity index (χ1) is 15.2. The van der Waals surface area contributed by atoms with Gasteiger partial charge in [-0.15, -0.1) is 0 Å². The Kier molecular flexibility index (Phi) is 4.96. The molecule has 5 nitrogen and oxygen atoms in total. The molecule has 168 valence electrons. The number of fused-ring (bicyclic) bond motifs is 1. The molecule has 0 spiro atoms. The molecule has 0 unspecified atom stereocenters. The van der Waals surface area contributed by atoms with E-state index in [0.717, 1.165) is 11.6 Å². The first kappa shape index (κ1) is 20.9. The van der Waals surface area contributed by atoms with E-state index in [1.807, 2.05) is 34.9 Å². The number of pyridine rings is 1. The molecule has 6 rings (SSSR count). The third-order valence-electron chi connectivity index (χ3n) is 6.40. The van der Waals surface area contributed by atoms with Crippen LogP contribution in [-0.4, -0.2) is 20.2 Å². The number of aromatic nitrogens is 3. The van der Waals surface area contributed by atoms with Crippen molar-refractivity contribution in [3.05, 3.63) is 65.7 Å². The van der Waals surface area contributed by atoms with Crippen LogP contribution in [0, 0.1) is 5.92 Å². The summed E-state index contributed by atoms with van der Waals surface area (Å²) in [5, 5.41) is 0. The van der Waals surface area contributed by atoms with Crippen molar-refractivity contribution in [3.8, 4) is 11.3 Å². The Morgan fingerprint density at radius 3 is 2.53 bits per heavy atom. The van der Waals surface area contributed by atoms with Crippen LogP contribution in [0.15, 0.2) is 48.8 Å². The van der Waals surface area contributed by atoms with E-state index in [1.54, 1.807) is 6.20 Å². The molecule has 1 aromatic carbocycles. The number of anilines is 1. The summed E-state index contributed by atoms with van der Waals surface area (Å²) in [7, 11) is 0. The molecule has 0 aliphatic heterocycles. The summed E-state index contributed by atoms with van der Waals surface area (Å²) in [6.07, 6.45) is -0.258. The van der Waals surface area contributed by atoms with Gasteiger partial charge in [-0.3, -0.25) is 0 Å². The van der Waals surface area contributed by atoms with E-state index in [4.69, 9.17) is 10.5 Å². The number of hydrogen-bond donors (Lipinski definition) is 1. The lowest BCUT2D eigenvalue weighted by Crippen LogP contribution is -2.30. The third kappa shape index (κ3) is 3.85. The van der Waals surface area contributed by atoms with E-state index in [1.165, 1.54) is 6.20 Å². The second-order valence-corrected chi connectivity index (χ2v) is 8.67. The van der Waals surface area contributed by atoms with E-state index in [9.17, 15) is 17.6 Å². The lowest BCUT2D eigenvalue weighted by Gasteiger charge is -2.30. The van der Waals surface area contributed by atoms with Crippen LogP contribution in [-0.2, 0) is 24.1 Å². The molecule has 3 fully saturated rings. The largest absolute Gasteiger partial charge is 0.419 e. The van der Waals surface area contributed by atoms with Crippen molar-refractivity contribution in [1.29, 1.82) is 0 Å². The fourth-order valence-electron chi connectivity index (χ4n) is 4.83. The molecule has 2 N–H and O–H groups in total. The molecule has 32 heavy (non-hydrogen) atoms. The van der Waals surface area contributed by atoms with Crippen molar-refractivity contribution >= 4 is 5.82 Å². The van der Waals surface area contributed by atoms with Gasteiger partial charge in [-0.25, -0.2) is 14.4 Å². The number of nitrogens with two attached hydrogens (primary N) is 1. The van der Waals surface area contributed by atoms with Crippen LogP contribution in [0.25, 0.3) is 11.3 Å². The highest BCUT2D eigenvalue weighted by Crippen LogP contribution is 2.60. The number of imidazole rings is 1. The zero-order valence-electron chi connectivity index (χ0n) is 17.1. The van der Waals surface area contributed by atoms with Gasteiger partial charge in [0.15, 0.2) is 0 Å². The maximum Gasteiger partial charge on any atom is 0.419 e. The maximum atomic E-state index is 14.6.